The highest BCUT2D eigenvalue weighted by molar-refractivity contribution is 5.10. The minimum atomic E-state index is -0.0463. The van der Waals surface area contributed by atoms with E-state index in [2.05, 4.69) is 6.58 Å². The average molecular weight is 84.1 g/mol. The zero-order chi connectivity index (χ0) is 4.99. The van der Waals surface area contributed by atoms with Gasteiger partial charge in [0.2, 0.25) is 0 Å². The molecular formula is C3H4N2O. The molecule has 6 heavy (non-hydrogen) atoms. The highest BCUT2D eigenvalue weighted by atomic mass is 16.5. The van der Waals surface area contributed by atoms with E-state index in [0.717, 1.165) is 0 Å². The number of nitrogens with one attached hydrogen (secondary N) is 1. The Labute approximate surface area is 35.5 Å². The number of rotatable bonds is 1. The maximum atomic E-state index is 7.76. The van der Waals surface area contributed by atoms with Gasteiger partial charge in [-0.05, 0) is 0 Å². The normalized spacial score (nSPS) is 6.00. The first-order chi connectivity index (χ1) is 2.81. The second kappa shape index (κ2) is 2.24. The van der Waals surface area contributed by atoms with Gasteiger partial charge in [0.25, 0.3) is 0 Å². The van der Waals surface area contributed by atoms with Gasteiger partial charge in [0.15, 0.2) is 0 Å². The molecule has 0 rings (SSSR count). The highest BCUT2D eigenvalue weighted by Crippen LogP contribution is 1.69. The molecule has 0 aliphatic rings. The highest BCUT2D eigenvalue weighted by Gasteiger charge is 1.75. The van der Waals surface area contributed by atoms with Crippen molar-refractivity contribution in [2.45, 2.75) is 0 Å². The summed E-state index contributed by atoms with van der Waals surface area (Å²) in [6, 6.07) is 1.56. The summed E-state index contributed by atoms with van der Waals surface area (Å²) in [5, 5.41) is 15.5. The van der Waals surface area contributed by atoms with E-state index in [1.54, 1.807) is 11.5 Å². The van der Waals surface area contributed by atoms with Crippen LogP contribution >= 0.6 is 0 Å². The Morgan fingerprint density at radius 2 is 2.50 bits per heavy atom. The standard InChI is InChI=1S/C3H4N2O/c1-3(2-4)5-6/h5-6H,1H2. The van der Waals surface area contributed by atoms with Crippen molar-refractivity contribution >= 4 is 0 Å². The van der Waals surface area contributed by atoms with E-state index in [-0.39, 0.29) is 5.70 Å². The summed E-state index contributed by atoms with van der Waals surface area (Å²) in [6.07, 6.45) is 0. The molecule has 0 bridgehead atoms. The predicted molar refractivity (Wildman–Crippen MR) is 19.7 cm³/mol. The average Bonchev–Trinajstić information content (AvgIpc) is 1.65. The third kappa shape index (κ3) is 1.32. The molecule has 0 saturated heterocycles. The van der Waals surface area contributed by atoms with E-state index < -0.39 is 0 Å². The van der Waals surface area contributed by atoms with Crippen molar-refractivity contribution < 1.29 is 5.21 Å². The molecule has 0 saturated carbocycles. The molecule has 0 spiro atoms. The van der Waals surface area contributed by atoms with Crippen molar-refractivity contribution in [1.29, 1.82) is 5.26 Å². The fourth-order valence-electron chi connectivity index (χ4n) is 0.0250. The Morgan fingerprint density at radius 3 is 2.50 bits per heavy atom. The van der Waals surface area contributed by atoms with Crippen molar-refractivity contribution in [3.8, 4) is 6.07 Å². The van der Waals surface area contributed by atoms with Gasteiger partial charge in [-0.2, -0.15) is 5.26 Å². The number of allylic oxidation sites excluding steroid dienone is 1. The fourth-order valence-corrected chi connectivity index (χ4v) is 0.0250. The Morgan fingerprint density at radius 1 is 2.00 bits per heavy atom. The summed E-state index contributed by atoms with van der Waals surface area (Å²) in [6.45, 7) is 3.07. The Balaban J connectivity index is 3.33. The predicted octanol–water partition coefficient (Wildman–Crippen LogP) is 0.00248. The minimum Gasteiger partial charge on any atom is -0.290 e. The van der Waals surface area contributed by atoms with E-state index in [1.165, 1.54) is 0 Å². The van der Waals surface area contributed by atoms with Gasteiger partial charge in [0.1, 0.15) is 11.8 Å². The summed E-state index contributed by atoms with van der Waals surface area (Å²) in [5.41, 5.74) is 1.51. The maximum Gasteiger partial charge on any atom is 0.130 e. The van der Waals surface area contributed by atoms with Crippen molar-refractivity contribution in [2.75, 3.05) is 0 Å². The second-order valence-corrected chi connectivity index (χ2v) is 0.702. The van der Waals surface area contributed by atoms with Crippen LogP contribution in [0.3, 0.4) is 0 Å². The van der Waals surface area contributed by atoms with Gasteiger partial charge in [0.05, 0.1) is 0 Å². The van der Waals surface area contributed by atoms with Gasteiger partial charge in [0, 0.05) is 0 Å². The molecule has 0 aromatic heterocycles. The molecule has 0 heterocycles. The van der Waals surface area contributed by atoms with Crippen LogP contribution in [0.4, 0.5) is 0 Å². The Bertz CT molecular complexity index is 91.5. The van der Waals surface area contributed by atoms with Gasteiger partial charge in [-0.15, -0.1) is 0 Å². The first-order valence-electron chi connectivity index (χ1n) is 1.30. The summed E-state index contributed by atoms with van der Waals surface area (Å²) < 4.78 is 0. The minimum absolute atomic E-state index is 0.0463. The van der Waals surface area contributed by atoms with Gasteiger partial charge >= 0.3 is 0 Å². The lowest BCUT2D eigenvalue weighted by molar-refractivity contribution is 0.206. The number of nitriles is 1. The summed E-state index contributed by atoms with van der Waals surface area (Å²) >= 11 is 0. The lowest BCUT2D eigenvalue weighted by atomic mass is 10.6. The Hall–Kier alpha value is -1.01. The van der Waals surface area contributed by atoms with Gasteiger partial charge < -0.3 is 0 Å². The first kappa shape index (κ1) is 4.99. The van der Waals surface area contributed by atoms with Crippen LogP contribution in [-0.4, -0.2) is 5.21 Å². The van der Waals surface area contributed by atoms with Crippen LogP contribution in [0.15, 0.2) is 12.3 Å². The zero-order valence-corrected chi connectivity index (χ0v) is 3.10. The van der Waals surface area contributed by atoms with Crippen molar-refractivity contribution in [2.24, 2.45) is 0 Å². The molecule has 0 fully saturated rings. The van der Waals surface area contributed by atoms with Gasteiger partial charge in [-0.25, -0.2) is 0 Å². The maximum absolute atomic E-state index is 7.76. The van der Waals surface area contributed by atoms with E-state index >= 15 is 0 Å². The molecule has 0 unspecified atom stereocenters. The molecule has 3 heteroatoms. The lowest BCUT2D eigenvalue weighted by Crippen LogP contribution is -2.01. The number of hydrogen-bond acceptors (Lipinski definition) is 3. The quantitative estimate of drug-likeness (QED) is 0.347. The van der Waals surface area contributed by atoms with Gasteiger partial charge in [-0.1, -0.05) is 6.58 Å². The van der Waals surface area contributed by atoms with E-state index in [9.17, 15) is 0 Å². The summed E-state index contributed by atoms with van der Waals surface area (Å²) in [5.74, 6) is 0. The zero-order valence-electron chi connectivity index (χ0n) is 3.10. The molecule has 0 aliphatic heterocycles. The van der Waals surface area contributed by atoms with Crippen LogP contribution in [0.5, 0.6) is 0 Å². The molecule has 0 aromatic rings. The topological polar surface area (TPSA) is 56.0 Å². The smallest absolute Gasteiger partial charge is 0.130 e. The molecule has 0 amide bonds. The molecule has 0 aromatic carbocycles. The van der Waals surface area contributed by atoms with Crippen LogP contribution < -0.4 is 5.48 Å². The molecule has 2 N–H and O–H groups in total. The third-order valence-electron chi connectivity index (χ3n) is 0.270. The number of hydrogen-bond donors (Lipinski definition) is 2. The molecular weight excluding hydrogens is 80.0 g/mol. The van der Waals surface area contributed by atoms with E-state index in [1.807, 2.05) is 0 Å². The van der Waals surface area contributed by atoms with Crippen LogP contribution in [0.25, 0.3) is 0 Å². The molecule has 3 nitrogen and oxygen atoms in total. The van der Waals surface area contributed by atoms with Crippen molar-refractivity contribution in [1.82, 2.24) is 5.48 Å². The largest absolute Gasteiger partial charge is 0.290 e. The second-order valence-electron chi connectivity index (χ2n) is 0.702. The molecule has 32 valence electrons. The number of nitrogens with zero attached hydrogens (tertiary/aromatic N) is 1. The first-order valence-corrected chi connectivity index (χ1v) is 1.30. The molecule has 0 aliphatic carbocycles. The summed E-state index contributed by atoms with van der Waals surface area (Å²) in [7, 11) is 0. The SMILES string of the molecule is C=C(C#N)NO. The van der Waals surface area contributed by atoms with E-state index in [4.69, 9.17) is 10.5 Å². The van der Waals surface area contributed by atoms with Crippen LogP contribution in [0.2, 0.25) is 0 Å². The number of hydroxylamine groups is 1. The molecule has 0 atom stereocenters. The van der Waals surface area contributed by atoms with Gasteiger partial charge in [-0.3, -0.25) is 10.7 Å². The van der Waals surface area contributed by atoms with Crippen LogP contribution in [0.1, 0.15) is 0 Å². The molecule has 0 radical (unpaired) electrons. The monoisotopic (exact) mass is 84.0 g/mol. The third-order valence-corrected chi connectivity index (χ3v) is 0.270. The fraction of sp³-hybridized carbons (Fsp3) is 0. The lowest BCUT2D eigenvalue weighted by Gasteiger charge is -1.82. The summed E-state index contributed by atoms with van der Waals surface area (Å²) in [4.78, 5) is 0. The van der Waals surface area contributed by atoms with Crippen molar-refractivity contribution in [3.05, 3.63) is 12.3 Å². The van der Waals surface area contributed by atoms with Crippen LogP contribution in [0, 0.1) is 11.3 Å². The Kier molecular flexibility index (Phi) is 1.86. The van der Waals surface area contributed by atoms with Crippen molar-refractivity contribution in [3.63, 3.8) is 0 Å². The van der Waals surface area contributed by atoms with E-state index in [0.29, 0.717) is 0 Å². The van der Waals surface area contributed by atoms with Crippen LogP contribution in [-0.2, 0) is 0 Å².